The lowest BCUT2D eigenvalue weighted by atomic mass is 10.1. The second-order valence-electron chi connectivity index (χ2n) is 8.28. The largest absolute Gasteiger partial charge is 0.508 e. The standard InChI is InChI=1S/C16H15FN2S.C11H12N2O3/c1-18-9-11-4-2-3-5-15(11)20-16-10-19-14-8-12(17)6-7-13(14)16;12-9(11(15)16)3-6-5-13-10-2-1-7(14)4-8(6)10/h2-8,10,18-19H,9H2,1H3;1-2,4-5,9,13-14H,3,12H2,(H,15,16)/t;9-/m.0/s1. The molecule has 3 aromatic carbocycles. The van der Waals surface area contributed by atoms with Crippen LogP contribution in [0.2, 0.25) is 0 Å². The van der Waals surface area contributed by atoms with Gasteiger partial charge < -0.3 is 31.2 Å². The molecule has 2 aromatic heterocycles. The highest BCUT2D eigenvalue weighted by Crippen LogP contribution is 2.35. The van der Waals surface area contributed by atoms with Gasteiger partial charge in [-0.1, -0.05) is 30.0 Å². The normalized spacial score (nSPS) is 11.9. The molecule has 5 rings (SSSR count). The van der Waals surface area contributed by atoms with Crippen LogP contribution < -0.4 is 11.1 Å². The second-order valence-corrected chi connectivity index (χ2v) is 9.36. The van der Waals surface area contributed by atoms with Crippen LogP contribution in [0, 0.1) is 5.82 Å². The summed E-state index contributed by atoms with van der Waals surface area (Å²) < 4.78 is 13.2. The number of nitrogens with two attached hydrogens (primary N) is 1. The summed E-state index contributed by atoms with van der Waals surface area (Å²) in [5.74, 6) is -1.10. The summed E-state index contributed by atoms with van der Waals surface area (Å²) in [7, 11) is 1.94. The lowest BCUT2D eigenvalue weighted by Crippen LogP contribution is -2.32. The number of phenolic OH excluding ortho intramolecular Hbond substituents is 1. The minimum Gasteiger partial charge on any atom is -0.508 e. The Labute approximate surface area is 211 Å². The van der Waals surface area contributed by atoms with Gasteiger partial charge in [-0.2, -0.15) is 0 Å². The first-order valence-electron chi connectivity index (χ1n) is 11.3. The van der Waals surface area contributed by atoms with Gasteiger partial charge in [0.05, 0.1) is 0 Å². The molecule has 0 unspecified atom stereocenters. The summed E-state index contributed by atoms with van der Waals surface area (Å²) in [5, 5.41) is 23.1. The van der Waals surface area contributed by atoms with E-state index in [-0.39, 0.29) is 18.0 Å². The van der Waals surface area contributed by atoms with Gasteiger partial charge in [-0.3, -0.25) is 4.79 Å². The minimum absolute atomic E-state index is 0.150. The molecule has 2 heterocycles. The van der Waals surface area contributed by atoms with E-state index in [2.05, 4.69) is 27.4 Å². The number of aromatic nitrogens is 2. The van der Waals surface area contributed by atoms with Gasteiger partial charge in [-0.25, -0.2) is 4.39 Å². The number of aromatic hydroxyl groups is 1. The van der Waals surface area contributed by atoms with Crippen LogP contribution >= 0.6 is 11.8 Å². The van der Waals surface area contributed by atoms with Crippen LogP contribution in [0.1, 0.15) is 11.1 Å². The molecule has 1 atom stereocenters. The zero-order valence-electron chi connectivity index (χ0n) is 19.6. The Bertz CT molecular complexity index is 1500. The Morgan fingerprint density at radius 3 is 2.56 bits per heavy atom. The van der Waals surface area contributed by atoms with Crippen LogP contribution in [0.5, 0.6) is 5.75 Å². The summed E-state index contributed by atoms with van der Waals surface area (Å²) in [6, 6.07) is 17.1. The molecule has 5 aromatic rings. The van der Waals surface area contributed by atoms with Crippen molar-refractivity contribution >= 4 is 39.5 Å². The van der Waals surface area contributed by atoms with E-state index in [0.717, 1.165) is 38.8 Å². The van der Waals surface area contributed by atoms with Gasteiger partial charge in [-0.05, 0) is 60.6 Å². The Morgan fingerprint density at radius 1 is 1.00 bits per heavy atom. The number of phenols is 1. The third-order valence-corrected chi connectivity index (χ3v) is 6.85. The molecule has 0 aliphatic heterocycles. The Hall–Kier alpha value is -3.79. The number of aromatic amines is 2. The maximum absolute atomic E-state index is 13.2. The highest BCUT2D eigenvalue weighted by molar-refractivity contribution is 7.99. The van der Waals surface area contributed by atoms with E-state index in [4.69, 9.17) is 10.8 Å². The number of carboxylic acids is 1. The lowest BCUT2D eigenvalue weighted by molar-refractivity contribution is -0.138. The summed E-state index contributed by atoms with van der Waals surface area (Å²) in [6.45, 7) is 0.833. The molecule has 186 valence electrons. The number of carboxylic acid groups (broad SMARTS) is 1. The van der Waals surface area contributed by atoms with Gasteiger partial charge >= 0.3 is 5.97 Å². The van der Waals surface area contributed by atoms with Gasteiger partial charge in [0.1, 0.15) is 17.6 Å². The van der Waals surface area contributed by atoms with Crippen molar-refractivity contribution in [2.45, 2.75) is 28.8 Å². The summed E-state index contributed by atoms with van der Waals surface area (Å²) >= 11 is 1.70. The zero-order chi connectivity index (χ0) is 25.7. The van der Waals surface area contributed by atoms with E-state index < -0.39 is 12.0 Å². The first kappa shape index (κ1) is 25.3. The predicted molar refractivity (Wildman–Crippen MR) is 141 cm³/mol. The molecule has 0 bridgehead atoms. The van der Waals surface area contributed by atoms with Crippen LogP contribution in [0.3, 0.4) is 0 Å². The van der Waals surface area contributed by atoms with Crippen LogP contribution in [0.15, 0.2) is 82.8 Å². The molecule has 0 spiro atoms. The van der Waals surface area contributed by atoms with Gasteiger partial charge in [0, 0.05) is 57.0 Å². The summed E-state index contributed by atoms with van der Waals surface area (Å²) in [5.41, 5.74) is 9.20. The molecule has 36 heavy (non-hydrogen) atoms. The SMILES string of the molecule is CNCc1ccccc1Sc1c[nH]c2cc(F)ccc12.N[C@@H](Cc1c[nH]c2ccc(O)cc12)C(=O)O. The number of fused-ring (bicyclic) bond motifs is 2. The molecule has 9 heteroatoms. The Kier molecular flexibility index (Phi) is 7.94. The van der Waals surface area contributed by atoms with Crippen molar-refractivity contribution < 1.29 is 19.4 Å². The smallest absolute Gasteiger partial charge is 0.320 e. The monoisotopic (exact) mass is 506 g/mol. The van der Waals surface area contributed by atoms with Crippen LogP contribution in [0.4, 0.5) is 4.39 Å². The topological polar surface area (TPSA) is 127 Å². The Morgan fingerprint density at radius 2 is 1.78 bits per heavy atom. The van der Waals surface area contributed by atoms with E-state index in [1.165, 1.54) is 22.6 Å². The first-order valence-corrected chi connectivity index (χ1v) is 12.1. The minimum atomic E-state index is -1.03. The van der Waals surface area contributed by atoms with Crippen molar-refractivity contribution in [3.05, 3.63) is 90.0 Å². The van der Waals surface area contributed by atoms with E-state index >= 15 is 0 Å². The number of benzene rings is 3. The molecular weight excluding hydrogens is 479 g/mol. The van der Waals surface area contributed by atoms with E-state index in [0.29, 0.717) is 0 Å². The quantitative estimate of drug-likeness (QED) is 0.184. The third-order valence-electron chi connectivity index (χ3n) is 5.67. The average Bonchev–Trinajstić information content (AvgIpc) is 3.44. The summed E-state index contributed by atoms with van der Waals surface area (Å²) in [6.07, 6.45) is 3.89. The second kappa shape index (κ2) is 11.3. The average molecular weight is 507 g/mol. The molecule has 0 saturated carbocycles. The fourth-order valence-electron chi connectivity index (χ4n) is 3.87. The van der Waals surface area contributed by atoms with Crippen LogP contribution in [-0.2, 0) is 17.8 Å². The fraction of sp³-hybridized carbons (Fsp3) is 0.148. The maximum Gasteiger partial charge on any atom is 0.320 e. The van der Waals surface area contributed by atoms with E-state index in [1.807, 2.05) is 31.4 Å². The number of rotatable bonds is 7. The van der Waals surface area contributed by atoms with E-state index in [9.17, 15) is 14.3 Å². The fourth-order valence-corrected chi connectivity index (χ4v) is 4.93. The van der Waals surface area contributed by atoms with Gasteiger partial charge in [0.15, 0.2) is 0 Å². The molecule has 0 fully saturated rings. The number of hydrogen-bond acceptors (Lipinski definition) is 5. The molecule has 0 saturated heterocycles. The number of H-pyrrole nitrogens is 2. The molecule has 0 amide bonds. The highest BCUT2D eigenvalue weighted by Gasteiger charge is 2.15. The van der Waals surface area contributed by atoms with Gasteiger partial charge in [0.25, 0.3) is 0 Å². The van der Waals surface area contributed by atoms with Crippen molar-refractivity contribution in [2.24, 2.45) is 5.73 Å². The van der Waals surface area contributed by atoms with Gasteiger partial charge in [0.2, 0.25) is 0 Å². The lowest BCUT2D eigenvalue weighted by Gasteiger charge is -2.07. The number of halogens is 1. The number of carbonyl (C=O) groups is 1. The molecule has 0 aliphatic rings. The molecular formula is C27H27FN4O3S. The van der Waals surface area contributed by atoms with Crippen molar-refractivity contribution in [2.75, 3.05) is 7.05 Å². The van der Waals surface area contributed by atoms with Crippen molar-refractivity contribution in [3.8, 4) is 5.75 Å². The molecule has 0 radical (unpaired) electrons. The molecule has 7 N–H and O–H groups in total. The van der Waals surface area contributed by atoms with Gasteiger partial charge in [-0.15, -0.1) is 0 Å². The highest BCUT2D eigenvalue weighted by atomic mass is 32.2. The van der Waals surface area contributed by atoms with Crippen LogP contribution in [-0.4, -0.2) is 39.2 Å². The van der Waals surface area contributed by atoms with Crippen LogP contribution in [0.25, 0.3) is 21.8 Å². The summed E-state index contributed by atoms with van der Waals surface area (Å²) in [4.78, 5) is 19.1. The molecule has 0 aliphatic carbocycles. The number of hydrogen-bond donors (Lipinski definition) is 6. The number of nitrogens with one attached hydrogen (secondary N) is 3. The van der Waals surface area contributed by atoms with E-state index in [1.54, 1.807) is 36.2 Å². The van der Waals surface area contributed by atoms with Crippen molar-refractivity contribution in [1.82, 2.24) is 15.3 Å². The first-order chi connectivity index (χ1) is 17.4. The Balaban J connectivity index is 0.000000174. The predicted octanol–water partition coefficient (Wildman–Crippen LogP) is 5.01. The molecule has 7 nitrogen and oxygen atoms in total. The van der Waals surface area contributed by atoms with Crippen molar-refractivity contribution in [1.29, 1.82) is 0 Å². The maximum atomic E-state index is 13.2. The zero-order valence-corrected chi connectivity index (χ0v) is 20.4. The third kappa shape index (κ3) is 5.88. The van der Waals surface area contributed by atoms with Crippen molar-refractivity contribution in [3.63, 3.8) is 0 Å². The number of aliphatic carboxylic acids is 1.